The standard InChI is InChI=1S/C15H9ClN2O8/c1-25-15(20)12-6-9(16)2-3-13(12)26-14(19)8-4-10(17(21)22)7-11(5-8)18(23)24/h2-7H,1H3. The highest BCUT2D eigenvalue weighted by atomic mass is 35.5. The maximum absolute atomic E-state index is 12.3. The fourth-order valence-electron chi connectivity index (χ4n) is 1.94. The molecule has 0 bridgehead atoms. The number of benzene rings is 2. The summed E-state index contributed by atoms with van der Waals surface area (Å²) in [5.74, 6) is -2.19. The van der Waals surface area contributed by atoms with E-state index in [1.165, 1.54) is 18.2 Å². The molecule has 0 fully saturated rings. The van der Waals surface area contributed by atoms with Gasteiger partial charge < -0.3 is 9.47 Å². The second kappa shape index (κ2) is 7.57. The van der Waals surface area contributed by atoms with Gasteiger partial charge in [0.15, 0.2) is 0 Å². The van der Waals surface area contributed by atoms with E-state index < -0.39 is 38.7 Å². The fourth-order valence-corrected chi connectivity index (χ4v) is 2.12. The number of carbonyl (C=O) groups excluding carboxylic acids is 2. The molecular formula is C15H9ClN2O8. The first-order valence-corrected chi connectivity index (χ1v) is 7.14. The summed E-state index contributed by atoms with van der Waals surface area (Å²) < 4.78 is 9.59. The van der Waals surface area contributed by atoms with Gasteiger partial charge in [-0.15, -0.1) is 0 Å². The molecule has 2 aromatic rings. The Bertz CT molecular complexity index is 896. The van der Waals surface area contributed by atoms with E-state index in [0.717, 1.165) is 19.2 Å². The maximum atomic E-state index is 12.3. The van der Waals surface area contributed by atoms with Crippen LogP contribution in [0.4, 0.5) is 11.4 Å². The van der Waals surface area contributed by atoms with Crippen LogP contribution in [0.5, 0.6) is 5.75 Å². The molecule has 0 aromatic heterocycles. The van der Waals surface area contributed by atoms with Crippen LogP contribution in [0.25, 0.3) is 0 Å². The molecular weight excluding hydrogens is 372 g/mol. The van der Waals surface area contributed by atoms with Gasteiger partial charge in [-0.05, 0) is 18.2 Å². The zero-order chi connectivity index (χ0) is 19.4. The smallest absolute Gasteiger partial charge is 0.344 e. The Morgan fingerprint density at radius 2 is 1.54 bits per heavy atom. The van der Waals surface area contributed by atoms with Crippen LogP contribution >= 0.6 is 11.6 Å². The van der Waals surface area contributed by atoms with Crippen molar-refractivity contribution in [2.45, 2.75) is 0 Å². The quantitative estimate of drug-likeness (QED) is 0.333. The van der Waals surface area contributed by atoms with Crippen molar-refractivity contribution < 1.29 is 28.9 Å². The van der Waals surface area contributed by atoms with E-state index >= 15 is 0 Å². The van der Waals surface area contributed by atoms with Gasteiger partial charge in [0, 0.05) is 17.2 Å². The van der Waals surface area contributed by atoms with E-state index in [2.05, 4.69) is 4.74 Å². The minimum atomic E-state index is -1.13. The maximum Gasteiger partial charge on any atom is 0.344 e. The molecule has 26 heavy (non-hydrogen) atoms. The van der Waals surface area contributed by atoms with E-state index in [-0.39, 0.29) is 16.3 Å². The van der Waals surface area contributed by atoms with Crippen LogP contribution in [0.3, 0.4) is 0 Å². The predicted octanol–water partition coefficient (Wildman–Crippen LogP) is 3.16. The van der Waals surface area contributed by atoms with Gasteiger partial charge in [-0.2, -0.15) is 0 Å². The zero-order valence-electron chi connectivity index (χ0n) is 13.0. The first-order valence-electron chi connectivity index (χ1n) is 6.77. The van der Waals surface area contributed by atoms with Gasteiger partial charge in [0.25, 0.3) is 11.4 Å². The summed E-state index contributed by atoms with van der Waals surface area (Å²) in [4.78, 5) is 44.0. The Labute approximate surface area is 150 Å². The molecule has 0 aliphatic carbocycles. The van der Waals surface area contributed by atoms with Crippen LogP contribution in [0.2, 0.25) is 5.02 Å². The van der Waals surface area contributed by atoms with Crippen LogP contribution in [0.1, 0.15) is 20.7 Å². The highest BCUT2D eigenvalue weighted by Gasteiger charge is 2.23. The highest BCUT2D eigenvalue weighted by molar-refractivity contribution is 6.31. The molecule has 0 saturated heterocycles. The molecule has 0 unspecified atom stereocenters. The van der Waals surface area contributed by atoms with Gasteiger partial charge in [0.2, 0.25) is 0 Å². The van der Waals surface area contributed by atoms with Crippen molar-refractivity contribution in [1.82, 2.24) is 0 Å². The number of methoxy groups -OCH3 is 1. The number of carbonyl (C=O) groups is 2. The zero-order valence-corrected chi connectivity index (χ0v) is 13.8. The first-order chi connectivity index (χ1) is 12.2. The topological polar surface area (TPSA) is 139 Å². The number of esters is 2. The van der Waals surface area contributed by atoms with E-state index in [0.29, 0.717) is 6.07 Å². The summed E-state index contributed by atoms with van der Waals surface area (Å²) in [6, 6.07) is 6.11. The second-order valence-electron chi connectivity index (χ2n) is 4.77. The number of ether oxygens (including phenoxy) is 2. The number of hydrogen-bond acceptors (Lipinski definition) is 8. The fraction of sp³-hybridized carbons (Fsp3) is 0.0667. The van der Waals surface area contributed by atoms with E-state index in [4.69, 9.17) is 16.3 Å². The molecule has 0 heterocycles. The molecule has 0 N–H and O–H groups in total. The van der Waals surface area contributed by atoms with Crippen LogP contribution in [-0.4, -0.2) is 28.9 Å². The molecule has 134 valence electrons. The molecule has 0 aliphatic heterocycles. The lowest BCUT2D eigenvalue weighted by Crippen LogP contribution is -2.13. The molecule has 2 aromatic carbocycles. The number of hydrogen-bond donors (Lipinski definition) is 0. The van der Waals surface area contributed by atoms with Gasteiger partial charge >= 0.3 is 11.9 Å². The molecule has 2 rings (SSSR count). The predicted molar refractivity (Wildman–Crippen MR) is 87.5 cm³/mol. The number of nitrogens with zero attached hydrogens (tertiary/aromatic N) is 2. The Balaban J connectivity index is 2.44. The Hall–Kier alpha value is -3.53. The monoisotopic (exact) mass is 380 g/mol. The van der Waals surface area contributed by atoms with Crippen LogP contribution < -0.4 is 4.74 Å². The van der Waals surface area contributed by atoms with Gasteiger partial charge in [-0.1, -0.05) is 11.6 Å². The number of nitro benzene ring substituents is 2. The van der Waals surface area contributed by atoms with E-state index in [1.54, 1.807) is 0 Å². The Morgan fingerprint density at radius 3 is 2.04 bits per heavy atom. The summed E-state index contributed by atoms with van der Waals surface area (Å²) >= 11 is 5.78. The third-order valence-electron chi connectivity index (χ3n) is 3.11. The van der Waals surface area contributed by atoms with Crippen molar-refractivity contribution in [1.29, 1.82) is 0 Å². The molecule has 0 aliphatic rings. The summed E-state index contributed by atoms with van der Waals surface area (Å²) in [5, 5.41) is 21.9. The minimum absolute atomic E-state index is 0.159. The van der Waals surface area contributed by atoms with Crippen molar-refractivity contribution in [2.75, 3.05) is 7.11 Å². The van der Waals surface area contributed by atoms with Gasteiger partial charge in [0.05, 0.1) is 28.6 Å². The number of halogens is 1. The van der Waals surface area contributed by atoms with Crippen LogP contribution in [0, 0.1) is 20.2 Å². The lowest BCUT2D eigenvalue weighted by Gasteiger charge is -2.09. The molecule has 0 atom stereocenters. The lowest BCUT2D eigenvalue weighted by molar-refractivity contribution is -0.394. The third kappa shape index (κ3) is 4.11. The van der Waals surface area contributed by atoms with E-state index in [1.807, 2.05) is 0 Å². The highest BCUT2D eigenvalue weighted by Crippen LogP contribution is 2.27. The summed E-state index contributed by atoms with van der Waals surface area (Å²) in [6.45, 7) is 0. The van der Waals surface area contributed by atoms with Crippen molar-refractivity contribution in [3.8, 4) is 5.75 Å². The molecule has 0 spiro atoms. The summed E-state index contributed by atoms with van der Waals surface area (Å²) in [6.07, 6.45) is 0. The number of rotatable bonds is 5. The van der Waals surface area contributed by atoms with Crippen molar-refractivity contribution in [3.63, 3.8) is 0 Å². The normalized spacial score (nSPS) is 10.1. The first kappa shape index (κ1) is 18.8. The Kier molecular flexibility index (Phi) is 5.48. The van der Waals surface area contributed by atoms with Crippen molar-refractivity contribution in [3.05, 3.63) is 72.8 Å². The third-order valence-corrected chi connectivity index (χ3v) is 3.34. The van der Waals surface area contributed by atoms with Crippen LogP contribution in [0.15, 0.2) is 36.4 Å². The van der Waals surface area contributed by atoms with Gasteiger partial charge in [0.1, 0.15) is 11.3 Å². The van der Waals surface area contributed by atoms with Gasteiger partial charge in [-0.25, -0.2) is 9.59 Å². The van der Waals surface area contributed by atoms with Gasteiger partial charge in [-0.3, -0.25) is 20.2 Å². The average molecular weight is 381 g/mol. The lowest BCUT2D eigenvalue weighted by atomic mass is 10.1. The van der Waals surface area contributed by atoms with Crippen LogP contribution in [-0.2, 0) is 4.74 Å². The van der Waals surface area contributed by atoms with Crippen molar-refractivity contribution >= 4 is 34.9 Å². The SMILES string of the molecule is COC(=O)c1cc(Cl)ccc1OC(=O)c1cc([N+](=O)[O-])cc([N+](=O)[O-])c1. The molecule has 0 amide bonds. The Morgan fingerprint density at radius 1 is 0.962 bits per heavy atom. The number of non-ortho nitro benzene ring substituents is 2. The molecule has 11 heteroatoms. The average Bonchev–Trinajstić information content (AvgIpc) is 2.61. The molecule has 10 nitrogen and oxygen atoms in total. The molecule has 0 saturated carbocycles. The van der Waals surface area contributed by atoms with Crippen molar-refractivity contribution in [2.24, 2.45) is 0 Å². The largest absolute Gasteiger partial charge is 0.465 e. The summed E-state index contributed by atoms with van der Waals surface area (Å²) in [7, 11) is 1.11. The summed E-state index contributed by atoms with van der Waals surface area (Å²) in [5.41, 5.74) is -1.91. The number of nitro groups is 2. The minimum Gasteiger partial charge on any atom is -0.465 e. The van der Waals surface area contributed by atoms with E-state index in [9.17, 15) is 29.8 Å². The molecule has 0 radical (unpaired) electrons. The second-order valence-corrected chi connectivity index (χ2v) is 5.21.